The van der Waals surface area contributed by atoms with E-state index >= 15 is 0 Å². The summed E-state index contributed by atoms with van der Waals surface area (Å²) >= 11 is 0. The molecule has 0 saturated heterocycles. The number of methoxy groups -OCH3 is 3. The number of rotatable bonds is 11. The van der Waals surface area contributed by atoms with Crippen molar-refractivity contribution in [1.82, 2.24) is 0 Å². The normalized spacial score (nSPS) is 11.0. The minimum atomic E-state index is -0.355. The molecule has 0 amide bonds. The van der Waals surface area contributed by atoms with Crippen LogP contribution in [0.25, 0.3) is 0 Å². The predicted molar refractivity (Wildman–Crippen MR) is 99.3 cm³/mol. The van der Waals surface area contributed by atoms with E-state index in [9.17, 15) is 9.59 Å². The van der Waals surface area contributed by atoms with Gasteiger partial charge in [-0.1, -0.05) is 26.3 Å². The molecule has 0 atom stereocenters. The van der Waals surface area contributed by atoms with E-state index in [0.717, 1.165) is 12.8 Å². The van der Waals surface area contributed by atoms with Gasteiger partial charge >= 0.3 is 5.97 Å². The fraction of sp³-hybridized carbons (Fsp3) is 0.500. The Hall–Kier alpha value is -2.50. The summed E-state index contributed by atoms with van der Waals surface area (Å²) in [5.41, 5.74) is 1.07. The van der Waals surface area contributed by atoms with Crippen LogP contribution < -0.4 is 14.2 Å². The van der Waals surface area contributed by atoms with E-state index in [1.807, 2.05) is 19.9 Å². The van der Waals surface area contributed by atoms with Gasteiger partial charge in [-0.3, -0.25) is 4.79 Å². The molecule has 1 aromatic rings. The number of carbonyl (C=O) groups excluding carboxylic acids is 2. The van der Waals surface area contributed by atoms with Crippen LogP contribution in [-0.4, -0.2) is 39.7 Å². The van der Waals surface area contributed by atoms with Crippen LogP contribution in [0.3, 0.4) is 0 Å². The summed E-state index contributed by atoms with van der Waals surface area (Å²) in [6, 6.07) is 3.18. The number of benzene rings is 1. The highest BCUT2D eigenvalue weighted by Gasteiger charge is 2.17. The van der Waals surface area contributed by atoms with Crippen LogP contribution in [0.2, 0.25) is 0 Å². The molecule has 1 rings (SSSR count). The summed E-state index contributed by atoms with van der Waals surface area (Å²) in [7, 11) is 4.48. The van der Waals surface area contributed by atoms with Crippen LogP contribution in [0.15, 0.2) is 23.8 Å². The summed E-state index contributed by atoms with van der Waals surface area (Å²) in [5.74, 6) is 0.707. The Balaban J connectivity index is 2.77. The zero-order chi connectivity index (χ0) is 19.5. The Morgan fingerprint density at radius 2 is 1.58 bits per heavy atom. The molecule has 0 spiro atoms. The summed E-state index contributed by atoms with van der Waals surface area (Å²) in [5, 5.41) is 0. The van der Waals surface area contributed by atoms with Gasteiger partial charge in [0, 0.05) is 17.6 Å². The number of ketones is 1. The Labute approximate surface area is 155 Å². The van der Waals surface area contributed by atoms with Gasteiger partial charge in [-0.05, 0) is 25.0 Å². The van der Waals surface area contributed by atoms with Gasteiger partial charge in [0.1, 0.15) is 0 Å². The van der Waals surface area contributed by atoms with E-state index in [1.54, 1.807) is 12.1 Å². The predicted octanol–water partition coefficient (Wildman–Crippen LogP) is 3.96. The largest absolute Gasteiger partial charge is 0.493 e. The second-order valence-corrected chi connectivity index (χ2v) is 5.61. The van der Waals surface area contributed by atoms with E-state index in [2.05, 4.69) is 0 Å². The van der Waals surface area contributed by atoms with Crippen LogP contribution in [-0.2, 0) is 9.53 Å². The van der Waals surface area contributed by atoms with Gasteiger partial charge < -0.3 is 18.9 Å². The SMILES string of the molecule is CC/C=C(\CCC)C(=O)OCCC(=O)c1cc(OC)c(OC)c(OC)c1. The molecule has 0 bridgehead atoms. The van der Waals surface area contributed by atoms with Gasteiger partial charge in [0.15, 0.2) is 17.3 Å². The van der Waals surface area contributed by atoms with Gasteiger partial charge in [-0.25, -0.2) is 4.79 Å². The number of carbonyl (C=O) groups is 2. The number of allylic oxidation sites excluding steroid dienone is 1. The van der Waals surface area contributed by atoms with E-state index in [1.165, 1.54) is 21.3 Å². The fourth-order valence-corrected chi connectivity index (χ4v) is 2.52. The molecule has 0 saturated carbocycles. The van der Waals surface area contributed by atoms with Crippen molar-refractivity contribution in [3.8, 4) is 17.2 Å². The minimum absolute atomic E-state index is 0.0269. The third-order valence-electron chi connectivity index (χ3n) is 3.78. The average molecular weight is 364 g/mol. The Morgan fingerprint density at radius 1 is 0.962 bits per heavy atom. The molecule has 6 heteroatoms. The molecule has 0 N–H and O–H groups in total. The standard InChI is InChI=1S/C20H28O6/c1-6-8-14(9-7-2)20(22)26-11-10-16(21)15-12-17(23-3)19(25-5)18(13-15)24-4/h8,12-13H,6-7,9-11H2,1-5H3/b14-8+. The molecule has 0 heterocycles. The second-order valence-electron chi connectivity index (χ2n) is 5.61. The topological polar surface area (TPSA) is 71.1 Å². The molecular formula is C20H28O6. The van der Waals surface area contributed by atoms with Crippen LogP contribution >= 0.6 is 0 Å². The lowest BCUT2D eigenvalue weighted by Gasteiger charge is -2.13. The fourth-order valence-electron chi connectivity index (χ4n) is 2.52. The van der Waals surface area contributed by atoms with E-state index < -0.39 is 0 Å². The van der Waals surface area contributed by atoms with Crippen LogP contribution in [0.5, 0.6) is 17.2 Å². The Bertz CT molecular complexity index is 623. The number of Topliss-reactive ketones (excluding diaryl/α,β-unsaturated/α-hetero) is 1. The number of hydrogen-bond acceptors (Lipinski definition) is 6. The van der Waals surface area contributed by atoms with Gasteiger partial charge in [0.25, 0.3) is 0 Å². The van der Waals surface area contributed by atoms with Crippen LogP contribution in [0.4, 0.5) is 0 Å². The Morgan fingerprint density at radius 3 is 2.04 bits per heavy atom. The van der Waals surface area contributed by atoms with Crippen molar-refractivity contribution in [3.63, 3.8) is 0 Å². The number of ether oxygens (including phenoxy) is 4. The first-order valence-electron chi connectivity index (χ1n) is 8.71. The molecule has 0 radical (unpaired) electrons. The zero-order valence-electron chi connectivity index (χ0n) is 16.2. The van der Waals surface area contributed by atoms with Crippen molar-refractivity contribution in [2.75, 3.05) is 27.9 Å². The molecule has 144 valence electrons. The third-order valence-corrected chi connectivity index (χ3v) is 3.78. The number of esters is 1. The first-order valence-corrected chi connectivity index (χ1v) is 8.71. The maximum absolute atomic E-state index is 12.4. The van der Waals surface area contributed by atoms with Gasteiger partial charge in [0.2, 0.25) is 5.75 Å². The summed E-state index contributed by atoms with van der Waals surface area (Å²) in [4.78, 5) is 24.5. The molecule has 26 heavy (non-hydrogen) atoms. The minimum Gasteiger partial charge on any atom is -0.493 e. The van der Waals surface area contributed by atoms with Crippen molar-refractivity contribution in [3.05, 3.63) is 29.3 Å². The van der Waals surface area contributed by atoms with Crippen molar-refractivity contribution < 1.29 is 28.5 Å². The molecule has 0 aliphatic carbocycles. The van der Waals surface area contributed by atoms with Crippen LogP contribution in [0.1, 0.15) is 49.9 Å². The summed E-state index contributed by atoms with van der Waals surface area (Å²) in [6.45, 7) is 4.00. The quantitative estimate of drug-likeness (QED) is 0.336. The molecule has 0 fully saturated rings. The van der Waals surface area contributed by atoms with Gasteiger partial charge in [-0.15, -0.1) is 0 Å². The second kappa shape index (κ2) is 11.2. The molecule has 0 aliphatic heterocycles. The van der Waals surface area contributed by atoms with Crippen molar-refractivity contribution >= 4 is 11.8 Å². The third kappa shape index (κ3) is 5.79. The van der Waals surface area contributed by atoms with Gasteiger partial charge in [0.05, 0.1) is 27.9 Å². The molecule has 0 unspecified atom stereocenters. The van der Waals surface area contributed by atoms with Gasteiger partial charge in [-0.2, -0.15) is 0 Å². The molecule has 0 aliphatic rings. The van der Waals surface area contributed by atoms with Crippen molar-refractivity contribution in [2.45, 2.75) is 39.5 Å². The highest BCUT2D eigenvalue weighted by Crippen LogP contribution is 2.38. The highest BCUT2D eigenvalue weighted by atomic mass is 16.5. The van der Waals surface area contributed by atoms with Crippen LogP contribution in [0, 0.1) is 0 Å². The van der Waals surface area contributed by atoms with Crippen molar-refractivity contribution in [1.29, 1.82) is 0 Å². The first-order chi connectivity index (χ1) is 12.5. The smallest absolute Gasteiger partial charge is 0.333 e. The van der Waals surface area contributed by atoms with E-state index in [4.69, 9.17) is 18.9 Å². The van der Waals surface area contributed by atoms with E-state index in [-0.39, 0.29) is 24.8 Å². The highest BCUT2D eigenvalue weighted by molar-refractivity contribution is 5.97. The molecule has 0 aromatic heterocycles. The molecule has 6 nitrogen and oxygen atoms in total. The zero-order valence-corrected chi connectivity index (χ0v) is 16.2. The monoisotopic (exact) mass is 364 g/mol. The Kier molecular flexibility index (Phi) is 9.26. The summed E-state index contributed by atoms with van der Waals surface area (Å²) < 4.78 is 21.0. The lowest BCUT2D eigenvalue weighted by molar-refractivity contribution is -0.139. The number of hydrogen-bond donors (Lipinski definition) is 0. The maximum Gasteiger partial charge on any atom is 0.333 e. The first kappa shape index (κ1) is 21.5. The molecular weight excluding hydrogens is 336 g/mol. The lowest BCUT2D eigenvalue weighted by Crippen LogP contribution is -2.12. The lowest BCUT2D eigenvalue weighted by atomic mass is 10.1. The maximum atomic E-state index is 12.4. The molecule has 1 aromatic carbocycles. The average Bonchev–Trinajstić information content (AvgIpc) is 2.66. The summed E-state index contributed by atoms with van der Waals surface area (Å²) in [6.07, 6.45) is 4.26. The van der Waals surface area contributed by atoms with E-state index in [0.29, 0.717) is 34.8 Å². The van der Waals surface area contributed by atoms with Crippen molar-refractivity contribution in [2.24, 2.45) is 0 Å².